The number of hydrogen-bond acceptors (Lipinski definition) is 1. The van der Waals surface area contributed by atoms with Crippen molar-refractivity contribution < 1.29 is 0 Å². The lowest BCUT2D eigenvalue weighted by molar-refractivity contribution is 1.17. The van der Waals surface area contributed by atoms with Crippen LogP contribution < -0.4 is 0 Å². The molecule has 0 N–H and O–H groups in total. The van der Waals surface area contributed by atoms with Gasteiger partial charge in [0.25, 0.3) is 0 Å². The zero-order chi connectivity index (χ0) is 41.0. The summed E-state index contributed by atoms with van der Waals surface area (Å²) in [6.45, 7) is 0. The van der Waals surface area contributed by atoms with E-state index < -0.39 is 0 Å². The maximum Gasteiger partial charge on any atom is 0.0715 e. The zero-order valence-electron chi connectivity index (χ0n) is 33.9. The maximum atomic E-state index is 5.17. The molecule has 0 aliphatic heterocycles. The molecule has 3 nitrogen and oxygen atoms in total. The van der Waals surface area contributed by atoms with Gasteiger partial charge in [-0.15, -0.1) is 0 Å². The van der Waals surface area contributed by atoms with E-state index in [9.17, 15) is 0 Å². The van der Waals surface area contributed by atoms with Gasteiger partial charge in [-0.05, 0) is 88.5 Å². The van der Waals surface area contributed by atoms with Gasteiger partial charge >= 0.3 is 0 Å². The number of fused-ring (bicyclic) bond motifs is 6. The predicted molar refractivity (Wildman–Crippen MR) is 260 cm³/mol. The molecule has 0 radical (unpaired) electrons. The number of hydrogen-bond donors (Lipinski definition) is 0. The summed E-state index contributed by atoms with van der Waals surface area (Å²) in [5.74, 6) is 0. The number of benzene rings is 9. The highest BCUT2D eigenvalue weighted by molar-refractivity contribution is 6.14. The van der Waals surface area contributed by atoms with E-state index >= 15 is 0 Å². The Kier molecular flexibility index (Phi) is 8.50. The summed E-state index contributed by atoms with van der Waals surface area (Å²) in [5.41, 5.74) is 18.2. The van der Waals surface area contributed by atoms with Crippen molar-refractivity contribution in [2.24, 2.45) is 0 Å². The molecule has 0 amide bonds. The Bertz CT molecular complexity index is 3540. The van der Waals surface area contributed by atoms with Gasteiger partial charge < -0.3 is 9.13 Å². The lowest BCUT2D eigenvalue weighted by Crippen LogP contribution is -1.96. The van der Waals surface area contributed by atoms with Gasteiger partial charge in [0.05, 0.1) is 33.5 Å². The standard InChI is InChI=1S/C59H39N3/c1-4-17-41(18-5-1)54-38-44(39-55(60-54)42-19-6-2-7-20-42)48-24-11-10-23-47(48)43-33-36-58-53(37-43)51-26-13-14-29-56(51)61(58)46-34-31-40(32-35-46)49-27-16-28-52-50-25-12-15-30-57(50)62(59(49)52)45-21-8-3-9-22-45/h1-39H. The fraction of sp³-hybridized carbons (Fsp3) is 0. The van der Waals surface area contributed by atoms with E-state index in [1.807, 2.05) is 0 Å². The average Bonchev–Trinajstić information content (AvgIpc) is 3.87. The lowest BCUT2D eigenvalue weighted by Gasteiger charge is -2.14. The van der Waals surface area contributed by atoms with Crippen molar-refractivity contribution in [3.05, 3.63) is 237 Å². The van der Waals surface area contributed by atoms with Crippen molar-refractivity contribution in [1.29, 1.82) is 0 Å². The third-order valence-corrected chi connectivity index (χ3v) is 12.3. The largest absolute Gasteiger partial charge is 0.309 e. The summed E-state index contributed by atoms with van der Waals surface area (Å²) in [6.07, 6.45) is 0. The molecular weight excluding hydrogens is 751 g/mol. The van der Waals surface area contributed by atoms with Gasteiger partial charge in [0, 0.05) is 49.6 Å². The number of aromatic nitrogens is 3. The highest BCUT2D eigenvalue weighted by Crippen LogP contribution is 2.41. The molecule has 3 heteroatoms. The third-order valence-electron chi connectivity index (χ3n) is 12.3. The van der Waals surface area contributed by atoms with Gasteiger partial charge in [0.1, 0.15) is 0 Å². The van der Waals surface area contributed by atoms with Gasteiger partial charge in [0.15, 0.2) is 0 Å². The number of nitrogens with zero attached hydrogens (tertiary/aromatic N) is 3. The topological polar surface area (TPSA) is 22.8 Å². The van der Waals surface area contributed by atoms with E-state index in [1.165, 1.54) is 71.4 Å². The molecule has 0 fully saturated rings. The van der Waals surface area contributed by atoms with Crippen molar-refractivity contribution in [3.63, 3.8) is 0 Å². The second kappa shape index (κ2) is 14.8. The predicted octanol–water partition coefficient (Wildman–Crippen LogP) is 15.6. The first kappa shape index (κ1) is 35.7. The first-order chi connectivity index (χ1) is 30.8. The molecule has 9 aromatic carbocycles. The van der Waals surface area contributed by atoms with E-state index in [4.69, 9.17) is 4.98 Å². The third kappa shape index (κ3) is 5.94. The molecule has 62 heavy (non-hydrogen) atoms. The lowest BCUT2D eigenvalue weighted by atomic mass is 9.92. The monoisotopic (exact) mass is 789 g/mol. The van der Waals surface area contributed by atoms with Gasteiger partial charge in [-0.1, -0.05) is 176 Å². The molecule has 0 unspecified atom stereocenters. The number of pyridine rings is 1. The Labute approximate surface area is 360 Å². The van der Waals surface area contributed by atoms with E-state index in [0.717, 1.165) is 39.5 Å². The molecule has 12 aromatic rings. The fourth-order valence-electron chi connectivity index (χ4n) is 9.49. The summed E-state index contributed by atoms with van der Waals surface area (Å²) < 4.78 is 4.82. The molecule has 0 atom stereocenters. The molecule has 0 saturated heterocycles. The van der Waals surface area contributed by atoms with Crippen LogP contribution in [0.5, 0.6) is 0 Å². The summed E-state index contributed by atoms with van der Waals surface area (Å²) in [5, 5.41) is 4.96. The molecule has 0 spiro atoms. The van der Waals surface area contributed by atoms with Crippen LogP contribution in [-0.4, -0.2) is 14.1 Å². The van der Waals surface area contributed by atoms with Crippen LogP contribution in [0, 0.1) is 0 Å². The molecule has 0 saturated carbocycles. The van der Waals surface area contributed by atoms with E-state index in [1.54, 1.807) is 0 Å². The number of rotatable bonds is 7. The van der Waals surface area contributed by atoms with Crippen LogP contribution in [0.25, 0.3) is 111 Å². The van der Waals surface area contributed by atoms with Gasteiger partial charge in [-0.25, -0.2) is 4.98 Å². The molecule has 3 aromatic heterocycles. The Morgan fingerprint density at radius 3 is 1.39 bits per heavy atom. The molecule has 0 bridgehead atoms. The van der Waals surface area contributed by atoms with Crippen LogP contribution >= 0.6 is 0 Å². The summed E-state index contributed by atoms with van der Waals surface area (Å²) >= 11 is 0. The molecule has 3 heterocycles. The minimum atomic E-state index is 0.955. The van der Waals surface area contributed by atoms with Crippen molar-refractivity contribution in [2.45, 2.75) is 0 Å². The van der Waals surface area contributed by atoms with Crippen LogP contribution in [-0.2, 0) is 0 Å². The van der Waals surface area contributed by atoms with Gasteiger partial charge in [0.2, 0.25) is 0 Å². The number of para-hydroxylation sites is 4. The van der Waals surface area contributed by atoms with Gasteiger partial charge in [-0.2, -0.15) is 0 Å². The molecule has 12 rings (SSSR count). The normalized spacial score (nSPS) is 11.5. The van der Waals surface area contributed by atoms with E-state index in [-0.39, 0.29) is 0 Å². The Morgan fingerprint density at radius 2 is 0.726 bits per heavy atom. The van der Waals surface area contributed by atoms with Crippen LogP contribution in [0.4, 0.5) is 0 Å². The average molecular weight is 790 g/mol. The van der Waals surface area contributed by atoms with Crippen molar-refractivity contribution >= 4 is 43.6 Å². The molecular formula is C59H39N3. The van der Waals surface area contributed by atoms with Crippen molar-refractivity contribution in [3.8, 4) is 67.3 Å². The molecule has 0 aliphatic rings. The second-order valence-corrected chi connectivity index (χ2v) is 15.9. The van der Waals surface area contributed by atoms with Crippen LogP contribution in [0.1, 0.15) is 0 Å². The first-order valence-electron chi connectivity index (χ1n) is 21.2. The smallest absolute Gasteiger partial charge is 0.0715 e. The Hall–Kier alpha value is -8.27. The first-order valence-corrected chi connectivity index (χ1v) is 21.2. The summed E-state index contributed by atoms with van der Waals surface area (Å²) in [4.78, 5) is 5.17. The molecule has 0 aliphatic carbocycles. The van der Waals surface area contributed by atoms with Crippen molar-refractivity contribution in [2.75, 3.05) is 0 Å². The quantitative estimate of drug-likeness (QED) is 0.158. The highest BCUT2D eigenvalue weighted by Gasteiger charge is 2.19. The van der Waals surface area contributed by atoms with Crippen LogP contribution in [0.2, 0.25) is 0 Å². The van der Waals surface area contributed by atoms with Gasteiger partial charge in [-0.3, -0.25) is 0 Å². The summed E-state index contributed by atoms with van der Waals surface area (Å²) in [7, 11) is 0. The summed E-state index contributed by atoms with van der Waals surface area (Å²) in [6, 6.07) is 85.2. The van der Waals surface area contributed by atoms with Crippen molar-refractivity contribution in [1.82, 2.24) is 14.1 Å². The SMILES string of the molecule is c1ccc(-c2cc(-c3ccccc3-c3ccc4c(c3)c3ccccc3n4-c3ccc(-c4cccc5c6ccccc6n(-c6ccccc6)c45)cc3)cc(-c3ccccc3)n2)cc1. The zero-order valence-corrected chi connectivity index (χ0v) is 33.9. The van der Waals surface area contributed by atoms with E-state index in [0.29, 0.717) is 0 Å². The fourth-order valence-corrected chi connectivity index (χ4v) is 9.49. The molecule has 290 valence electrons. The minimum Gasteiger partial charge on any atom is -0.309 e. The highest BCUT2D eigenvalue weighted by atomic mass is 15.0. The maximum absolute atomic E-state index is 5.17. The Morgan fingerprint density at radius 1 is 0.258 bits per heavy atom. The second-order valence-electron chi connectivity index (χ2n) is 15.9. The van der Waals surface area contributed by atoms with E-state index in [2.05, 4.69) is 246 Å². The minimum absolute atomic E-state index is 0.955. The Balaban J connectivity index is 0.978. The van der Waals surface area contributed by atoms with Crippen LogP contribution in [0.15, 0.2) is 237 Å². The van der Waals surface area contributed by atoms with Crippen LogP contribution in [0.3, 0.4) is 0 Å².